The quantitative estimate of drug-likeness (QED) is 0.893. The fourth-order valence-corrected chi connectivity index (χ4v) is 2.57. The van der Waals surface area contributed by atoms with Crippen LogP contribution >= 0.6 is 11.3 Å². The third-order valence-electron chi connectivity index (χ3n) is 2.74. The molecule has 0 saturated heterocycles. The summed E-state index contributed by atoms with van der Waals surface area (Å²) >= 11 is 1.50. The maximum atomic E-state index is 11.8. The first-order valence-electron chi connectivity index (χ1n) is 6.09. The number of amides is 1. The van der Waals surface area contributed by atoms with Gasteiger partial charge in [-0.15, -0.1) is 16.4 Å². The molecule has 2 rings (SSSR count). The number of aromatic nitrogens is 5. The molecule has 2 aromatic rings. The van der Waals surface area contributed by atoms with Gasteiger partial charge in [-0.25, -0.2) is 9.67 Å². The van der Waals surface area contributed by atoms with Crippen molar-refractivity contribution in [3.8, 4) is 0 Å². The van der Waals surface area contributed by atoms with Gasteiger partial charge >= 0.3 is 0 Å². The van der Waals surface area contributed by atoms with Crippen LogP contribution in [0.25, 0.3) is 0 Å². The molecular formula is C11H16N6OS. The van der Waals surface area contributed by atoms with E-state index in [1.807, 2.05) is 13.8 Å². The smallest absolute Gasteiger partial charge is 0.228 e. The van der Waals surface area contributed by atoms with Gasteiger partial charge in [0.1, 0.15) is 5.82 Å². The van der Waals surface area contributed by atoms with Crippen LogP contribution in [0.5, 0.6) is 0 Å². The van der Waals surface area contributed by atoms with E-state index in [4.69, 9.17) is 0 Å². The lowest BCUT2D eigenvalue weighted by Gasteiger charge is -2.02. The van der Waals surface area contributed by atoms with Crippen LogP contribution in [0.15, 0.2) is 0 Å². The van der Waals surface area contributed by atoms with Gasteiger partial charge in [0.15, 0.2) is 5.13 Å². The Morgan fingerprint density at radius 3 is 2.79 bits per heavy atom. The number of hydrogen-bond acceptors (Lipinski definition) is 6. The Kier molecular flexibility index (Phi) is 4.20. The van der Waals surface area contributed by atoms with Gasteiger partial charge in [-0.1, -0.05) is 6.92 Å². The molecule has 0 atom stereocenters. The van der Waals surface area contributed by atoms with Gasteiger partial charge in [-0.2, -0.15) is 0 Å². The van der Waals surface area contributed by atoms with E-state index in [0.29, 0.717) is 23.9 Å². The topological polar surface area (TPSA) is 85.6 Å². The molecule has 8 heteroatoms. The van der Waals surface area contributed by atoms with E-state index >= 15 is 0 Å². The highest BCUT2D eigenvalue weighted by molar-refractivity contribution is 7.15. The molecule has 2 heterocycles. The first kappa shape index (κ1) is 13.6. The monoisotopic (exact) mass is 280 g/mol. The van der Waals surface area contributed by atoms with E-state index < -0.39 is 0 Å². The number of carbonyl (C=O) groups excluding carboxylic acids is 1. The highest BCUT2D eigenvalue weighted by Crippen LogP contribution is 2.22. The van der Waals surface area contributed by atoms with Crippen LogP contribution < -0.4 is 5.32 Å². The Morgan fingerprint density at radius 2 is 2.21 bits per heavy atom. The Hall–Kier alpha value is -1.83. The SMILES string of the molecule is CCc1nc(NC(=O)CCn2nnnc2C)sc1C. The fraction of sp³-hybridized carbons (Fsp3) is 0.545. The van der Waals surface area contributed by atoms with Crippen molar-refractivity contribution >= 4 is 22.4 Å². The van der Waals surface area contributed by atoms with E-state index in [2.05, 4.69) is 25.8 Å². The summed E-state index contributed by atoms with van der Waals surface area (Å²) in [6, 6.07) is 0. The second-order valence-electron chi connectivity index (χ2n) is 4.12. The predicted octanol–water partition coefficient (Wildman–Crippen LogP) is 1.34. The third-order valence-corrected chi connectivity index (χ3v) is 3.66. The van der Waals surface area contributed by atoms with Crippen LogP contribution in [0, 0.1) is 13.8 Å². The normalized spacial score (nSPS) is 10.7. The Balaban J connectivity index is 1.89. The highest BCUT2D eigenvalue weighted by Gasteiger charge is 2.10. The van der Waals surface area contributed by atoms with Crippen LogP contribution in [0.4, 0.5) is 5.13 Å². The minimum atomic E-state index is -0.0775. The summed E-state index contributed by atoms with van der Waals surface area (Å²) in [5, 5.41) is 14.5. The van der Waals surface area contributed by atoms with E-state index in [1.54, 1.807) is 11.6 Å². The molecule has 0 aliphatic heterocycles. The van der Waals surface area contributed by atoms with Crippen molar-refractivity contribution < 1.29 is 4.79 Å². The lowest BCUT2D eigenvalue weighted by molar-refractivity contribution is -0.116. The summed E-state index contributed by atoms with van der Waals surface area (Å²) < 4.78 is 1.60. The molecule has 7 nitrogen and oxygen atoms in total. The maximum Gasteiger partial charge on any atom is 0.228 e. The van der Waals surface area contributed by atoms with Gasteiger partial charge in [0.05, 0.1) is 12.2 Å². The summed E-state index contributed by atoms with van der Waals surface area (Å²) in [7, 11) is 0. The van der Waals surface area contributed by atoms with Gasteiger partial charge in [0.2, 0.25) is 5.91 Å². The standard InChI is InChI=1S/C11H16N6OS/c1-4-9-7(2)19-11(12-9)13-10(18)5-6-17-8(3)14-15-16-17/h4-6H2,1-3H3,(H,12,13,18). The van der Waals surface area contributed by atoms with Crippen molar-refractivity contribution in [2.45, 2.75) is 40.2 Å². The minimum absolute atomic E-state index is 0.0775. The Morgan fingerprint density at radius 1 is 1.42 bits per heavy atom. The first-order chi connectivity index (χ1) is 9.10. The molecule has 0 fully saturated rings. The number of anilines is 1. The van der Waals surface area contributed by atoms with Crippen LogP contribution in [0.2, 0.25) is 0 Å². The second-order valence-corrected chi connectivity index (χ2v) is 5.33. The lowest BCUT2D eigenvalue weighted by Crippen LogP contribution is -2.15. The first-order valence-corrected chi connectivity index (χ1v) is 6.90. The van der Waals surface area contributed by atoms with E-state index in [0.717, 1.165) is 17.0 Å². The zero-order valence-electron chi connectivity index (χ0n) is 11.2. The zero-order valence-corrected chi connectivity index (χ0v) is 12.0. The fourth-order valence-electron chi connectivity index (χ4n) is 1.65. The molecule has 1 N–H and O–H groups in total. The van der Waals surface area contributed by atoms with Crippen LogP contribution in [0.1, 0.15) is 29.7 Å². The predicted molar refractivity (Wildman–Crippen MR) is 72.0 cm³/mol. The average molecular weight is 280 g/mol. The summed E-state index contributed by atoms with van der Waals surface area (Å²) in [5.74, 6) is 0.623. The van der Waals surface area contributed by atoms with E-state index in [-0.39, 0.29) is 5.91 Å². The minimum Gasteiger partial charge on any atom is -0.302 e. The van der Waals surface area contributed by atoms with Crippen molar-refractivity contribution in [2.75, 3.05) is 5.32 Å². The summed E-state index contributed by atoms with van der Waals surface area (Å²) in [6.07, 6.45) is 1.20. The summed E-state index contributed by atoms with van der Waals surface area (Å²) in [4.78, 5) is 17.3. The van der Waals surface area contributed by atoms with Gasteiger partial charge in [0, 0.05) is 11.3 Å². The van der Waals surface area contributed by atoms with Gasteiger partial charge in [0.25, 0.3) is 0 Å². The molecule has 102 valence electrons. The molecule has 19 heavy (non-hydrogen) atoms. The molecule has 0 aliphatic carbocycles. The van der Waals surface area contributed by atoms with Gasteiger partial charge in [-0.05, 0) is 30.7 Å². The third kappa shape index (κ3) is 3.34. The number of aryl methyl sites for hydroxylation is 4. The molecule has 0 bridgehead atoms. The number of rotatable bonds is 5. The van der Waals surface area contributed by atoms with Crippen LogP contribution in [0.3, 0.4) is 0 Å². The molecule has 0 radical (unpaired) electrons. The molecule has 2 aromatic heterocycles. The Bertz CT molecular complexity index is 576. The molecule has 0 unspecified atom stereocenters. The largest absolute Gasteiger partial charge is 0.302 e. The molecular weight excluding hydrogens is 264 g/mol. The average Bonchev–Trinajstić information content (AvgIpc) is 2.93. The van der Waals surface area contributed by atoms with Crippen molar-refractivity contribution in [2.24, 2.45) is 0 Å². The molecule has 1 amide bonds. The zero-order chi connectivity index (χ0) is 13.8. The van der Waals surface area contributed by atoms with Crippen LogP contribution in [-0.4, -0.2) is 31.1 Å². The highest BCUT2D eigenvalue weighted by atomic mass is 32.1. The van der Waals surface area contributed by atoms with E-state index in [9.17, 15) is 4.79 Å². The van der Waals surface area contributed by atoms with Crippen molar-refractivity contribution in [1.82, 2.24) is 25.2 Å². The number of tetrazole rings is 1. The van der Waals surface area contributed by atoms with E-state index in [1.165, 1.54) is 11.3 Å². The lowest BCUT2D eigenvalue weighted by atomic mass is 10.3. The van der Waals surface area contributed by atoms with Crippen molar-refractivity contribution in [3.05, 3.63) is 16.4 Å². The Labute approximate surface area is 115 Å². The number of thiazole rings is 1. The van der Waals surface area contributed by atoms with Gasteiger partial charge < -0.3 is 5.32 Å². The maximum absolute atomic E-state index is 11.8. The number of nitrogens with one attached hydrogen (secondary N) is 1. The molecule has 0 aromatic carbocycles. The summed E-state index contributed by atoms with van der Waals surface area (Å²) in [5.41, 5.74) is 1.04. The number of nitrogens with zero attached hydrogens (tertiary/aromatic N) is 5. The number of hydrogen-bond donors (Lipinski definition) is 1. The van der Waals surface area contributed by atoms with Crippen molar-refractivity contribution in [3.63, 3.8) is 0 Å². The molecule has 0 saturated carbocycles. The van der Waals surface area contributed by atoms with Crippen LogP contribution in [-0.2, 0) is 17.8 Å². The second kappa shape index (κ2) is 5.87. The van der Waals surface area contributed by atoms with Gasteiger partial charge in [-0.3, -0.25) is 4.79 Å². The van der Waals surface area contributed by atoms with Crippen molar-refractivity contribution in [1.29, 1.82) is 0 Å². The summed E-state index contributed by atoms with van der Waals surface area (Å²) in [6.45, 7) is 6.33. The molecule has 0 spiro atoms. The molecule has 0 aliphatic rings. The number of carbonyl (C=O) groups is 1.